The van der Waals surface area contributed by atoms with Gasteiger partial charge < -0.3 is 15.0 Å². The van der Waals surface area contributed by atoms with Gasteiger partial charge in [-0.25, -0.2) is 0 Å². The summed E-state index contributed by atoms with van der Waals surface area (Å²) in [6.45, 7) is 6.06. The molecule has 1 aliphatic rings. The lowest BCUT2D eigenvalue weighted by atomic mass is 10.0. The molecule has 136 valence electrons. The first-order valence-corrected chi connectivity index (χ1v) is 8.89. The molecule has 5 heteroatoms. The molecule has 2 aromatic carbocycles. The largest absolute Gasteiger partial charge is 0.479 e. The molecule has 2 unspecified atom stereocenters. The van der Waals surface area contributed by atoms with E-state index in [-0.39, 0.29) is 24.3 Å². The third-order valence-electron chi connectivity index (χ3n) is 4.67. The van der Waals surface area contributed by atoms with E-state index in [0.29, 0.717) is 12.3 Å². The van der Waals surface area contributed by atoms with Crippen LogP contribution in [-0.4, -0.2) is 24.5 Å². The highest BCUT2D eigenvalue weighted by Crippen LogP contribution is 2.33. The highest BCUT2D eigenvalue weighted by atomic mass is 16.5. The van der Waals surface area contributed by atoms with Crippen molar-refractivity contribution in [3.8, 4) is 5.75 Å². The Balaban J connectivity index is 1.64. The number of nitrogens with zero attached hydrogens (tertiary/aromatic N) is 1. The van der Waals surface area contributed by atoms with Crippen LogP contribution in [0, 0.1) is 6.92 Å². The van der Waals surface area contributed by atoms with Gasteiger partial charge in [0.25, 0.3) is 5.91 Å². The quantitative estimate of drug-likeness (QED) is 0.897. The van der Waals surface area contributed by atoms with E-state index in [4.69, 9.17) is 4.74 Å². The zero-order chi connectivity index (χ0) is 18.7. The van der Waals surface area contributed by atoms with Gasteiger partial charge in [0.05, 0.1) is 11.7 Å². The highest BCUT2D eigenvalue weighted by Gasteiger charge is 2.31. The summed E-state index contributed by atoms with van der Waals surface area (Å²) < 4.78 is 5.62. The average Bonchev–Trinajstić information content (AvgIpc) is 2.62. The Morgan fingerprint density at radius 2 is 1.88 bits per heavy atom. The van der Waals surface area contributed by atoms with Gasteiger partial charge in [-0.2, -0.15) is 0 Å². The van der Waals surface area contributed by atoms with Gasteiger partial charge in [-0.15, -0.1) is 0 Å². The molecule has 1 heterocycles. The van der Waals surface area contributed by atoms with Gasteiger partial charge in [-0.1, -0.05) is 36.4 Å². The number of benzene rings is 2. The van der Waals surface area contributed by atoms with E-state index in [1.165, 1.54) is 0 Å². The molecule has 5 nitrogen and oxygen atoms in total. The fourth-order valence-corrected chi connectivity index (χ4v) is 3.27. The lowest BCUT2D eigenvalue weighted by Gasteiger charge is -2.32. The number of nitrogens with one attached hydrogen (secondary N) is 1. The Morgan fingerprint density at radius 1 is 1.19 bits per heavy atom. The highest BCUT2D eigenvalue weighted by molar-refractivity contribution is 6.00. The molecular formula is C21H24N2O3. The number of carbonyl (C=O) groups is 2. The van der Waals surface area contributed by atoms with Crippen LogP contribution >= 0.6 is 0 Å². The summed E-state index contributed by atoms with van der Waals surface area (Å²) in [5, 5.41) is 3.02. The molecule has 0 spiro atoms. The molecular weight excluding hydrogens is 328 g/mol. The Bertz CT molecular complexity index is 818. The first-order valence-electron chi connectivity index (χ1n) is 8.89. The minimum absolute atomic E-state index is 0.0738. The minimum Gasteiger partial charge on any atom is -0.479 e. The van der Waals surface area contributed by atoms with E-state index in [9.17, 15) is 9.59 Å². The van der Waals surface area contributed by atoms with Crippen molar-refractivity contribution in [2.75, 3.05) is 11.4 Å². The first kappa shape index (κ1) is 18.0. The SMILES string of the molecule is Cc1ccccc1C(C)NC(=O)CCN1C(=O)C(C)Oc2ccccc21. The lowest BCUT2D eigenvalue weighted by molar-refractivity contribution is -0.125. The number of carbonyl (C=O) groups excluding carboxylic acids is 2. The summed E-state index contributed by atoms with van der Waals surface area (Å²) in [4.78, 5) is 26.5. The van der Waals surface area contributed by atoms with E-state index < -0.39 is 6.10 Å². The summed E-state index contributed by atoms with van der Waals surface area (Å²) in [5.41, 5.74) is 2.96. The maximum absolute atomic E-state index is 12.5. The molecule has 2 amide bonds. The van der Waals surface area contributed by atoms with E-state index >= 15 is 0 Å². The molecule has 0 fully saturated rings. The lowest BCUT2D eigenvalue weighted by Crippen LogP contribution is -2.45. The number of aryl methyl sites for hydroxylation is 1. The van der Waals surface area contributed by atoms with Crippen molar-refractivity contribution >= 4 is 17.5 Å². The number of para-hydroxylation sites is 2. The molecule has 0 saturated carbocycles. The Labute approximate surface area is 154 Å². The molecule has 1 aliphatic heterocycles. The summed E-state index contributed by atoms with van der Waals surface area (Å²) in [6, 6.07) is 15.3. The molecule has 0 radical (unpaired) electrons. The summed E-state index contributed by atoms with van der Waals surface area (Å²) in [6.07, 6.45) is -0.304. The van der Waals surface area contributed by atoms with Crippen molar-refractivity contribution in [2.24, 2.45) is 0 Å². The van der Waals surface area contributed by atoms with E-state index in [1.807, 2.05) is 62.4 Å². The second-order valence-electron chi connectivity index (χ2n) is 6.61. The third-order valence-corrected chi connectivity index (χ3v) is 4.67. The number of rotatable bonds is 5. The normalized spacial score (nSPS) is 17.3. The van der Waals surface area contributed by atoms with Gasteiger partial charge in [0.2, 0.25) is 5.91 Å². The van der Waals surface area contributed by atoms with Crippen molar-refractivity contribution in [3.63, 3.8) is 0 Å². The van der Waals surface area contributed by atoms with Gasteiger partial charge >= 0.3 is 0 Å². The fraction of sp³-hybridized carbons (Fsp3) is 0.333. The Hall–Kier alpha value is -2.82. The average molecular weight is 352 g/mol. The molecule has 0 bridgehead atoms. The number of ether oxygens (including phenoxy) is 1. The van der Waals surface area contributed by atoms with Crippen LogP contribution in [0.5, 0.6) is 5.75 Å². The predicted molar refractivity (Wildman–Crippen MR) is 101 cm³/mol. The smallest absolute Gasteiger partial charge is 0.267 e. The molecule has 0 aliphatic carbocycles. The van der Waals surface area contributed by atoms with Gasteiger partial charge in [0.1, 0.15) is 5.75 Å². The minimum atomic E-state index is -0.543. The molecule has 0 aromatic heterocycles. The van der Waals surface area contributed by atoms with Crippen LogP contribution < -0.4 is 15.0 Å². The Morgan fingerprint density at radius 3 is 2.65 bits per heavy atom. The number of anilines is 1. The summed E-state index contributed by atoms with van der Waals surface area (Å²) in [7, 11) is 0. The van der Waals surface area contributed by atoms with Gasteiger partial charge in [0, 0.05) is 13.0 Å². The van der Waals surface area contributed by atoms with Crippen LogP contribution in [0.3, 0.4) is 0 Å². The van der Waals surface area contributed by atoms with Crippen molar-refractivity contribution in [3.05, 3.63) is 59.7 Å². The molecule has 0 saturated heterocycles. The maximum Gasteiger partial charge on any atom is 0.267 e. The first-order chi connectivity index (χ1) is 12.5. The fourth-order valence-electron chi connectivity index (χ4n) is 3.27. The van der Waals surface area contributed by atoms with Crippen molar-refractivity contribution in [2.45, 2.75) is 39.3 Å². The van der Waals surface area contributed by atoms with Crippen molar-refractivity contribution < 1.29 is 14.3 Å². The second-order valence-corrected chi connectivity index (χ2v) is 6.61. The van der Waals surface area contributed by atoms with E-state index in [0.717, 1.165) is 16.8 Å². The van der Waals surface area contributed by atoms with E-state index in [1.54, 1.807) is 11.8 Å². The monoisotopic (exact) mass is 352 g/mol. The van der Waals surface area contributed by atoms with Gasteiger partial charge in [-0.3, -0.25) is 9.59 Å². The van der Waals surface area contributed by atoms with Crippen LogP contribution in [0.25, 0.3) is 0 Å². The van der Waals surface area contributed by atoms with Crippen molar-refractivity contribution in [1.29, 1.82) is 0 Å². The predicted octanol–water partition coefficient (Wildman–Crippen LogP) is 3.38. The molecule has 1 N–H and O–H groups in total. The van der Waals surface area contributed by atoms with Crippen molar-refractivity contribution in [1.82, 2.24) is 5.32 Å². The van der Waals surface area contributed by atoms with Crippen LogP contribution in [0.1, 0.15) is 37.4 Å². The zero-order valence-electron chi connectivity index (χ0n) is 15.4. The van der Waals surface area contributed by atoms with Crippen LogP contribution in [0.4, 0.5) is 5.69 Å². The van der Waals surface area contributed by atoms with Gasteiger partial charge in [0.15, 0.2) is 6.10 Å². The topological polar surface area (TPSA) is 58.6 Å². The van der Waals surface area contributed by atoms with Crippen LogP contribution in [0.15, 0.2) is 48.5 Å². The molecule has 26 heavy (non-hydrogen) atoms. The second kappa shape index (κ2) is 7.60. The number of hydrogen-bond donors (Lipinski definition) is 1. The molecule has 3 rings (SSSR count). The number of amides is 2. The Kier molecular flexibility index (Phi) is 5.26. The standard InChI is InChI=1S/C21H24N2O3/c1-14-8-4-5-9-17(14)15(2)22-20(24)12-13-23-18-10-6-7-11-19(18)26-16(3)21(23)25/h4-11,15-16H,12-13H2,1-3H3,(H,22,24). The van der Waals surface area contributed by atoms with E-state index in [2.05, 4.69) is 5.32 Å². The summed E-state index contributed by atoms with van der Waals surface area (Å²) in [5.74, 6) is 0.474. The third kappa shape index (κ3) is 3.72. The maximum atomic E-state index is 12.5. The zero-order valence-corrected chi connectivity index (χ0v) is 15.4. The molecule has 2 atom stereocenters. The van der Waals surface area contributed by atoms with Crippen LogP contribution in [0.2, 0.25) is 0 Å². The number of fused-ring (bicyclic) bond motifs is 1. The summed E-state index contributed by atoms with van der Waals surface area (Å²) >= 11 is 0. The van der Waals surface area contributed by atoms with Gasteiger partial charge in [-0.05, 0) is 44.0 Å². The number of hydrogen-bond acceptors (Lipinski definition) is 3. The van der Waals surface area contributed by atoms with Crippen LogP contribution in [-0.2, 0) is 9.59 Å². The molecule has 2 aromatic rings.